The molecule has 7 nitrogen and oxygen atoms in total. The minimum absolute atomic E-state index is 0.0318. The van der Waals surface area contributed by atoms with Crippen LogP contribution in [0.5, 0.6) is 0 Å². The van der Waals surface area contributed by atoms with Crippen LogP contribution in [-0.4, -0.2) is 37.3 Å². The molecule has 0 heterocycles. The molecule has 0 aromatic heterocycles. The highest BCUT2D eigenvalue weighted by Gasteiger charge is 2.33. The Morgan fingerprint density at radius 1 is 1.23 bits per heavy atom. The second kappa shape index (κ2) is 11.1. The van der Waals surface area contributed by atoms with E-state index >= 15 is 0 Å². The maximum absolute atomic E-state index is 12.5. The van der Waals surface area contributed by atoms with Crippen LogP contribution in [0, 0.1) is 17.8 Å². The number of nitrogens with zero attached hydrogens (tertiary/aromatic N) is 1. The average Bonchev–Trinajstić information content (AvgIpc) is 2.53. The monoisotopic (exact) mass is 390 g/mol. The zero-order valence-electron chi connectivity index (χ0n) is 17.0. The highest BCUT2D eigenvalue weighted by atomic mass is 31.2. The molecule has 3 atom stereocenters. The molecular formula is C18H35N2O5P. The molecule has 1 fully saturated rings. The fraction of sp³-hybridized carbons (Fsp3) is 0.889. The number of nitrogens with one attached hydrogen (secondary N) is 1. The maximum Gasteiger partial charge on any atom is 0.428 e. The number of carbonyl (C=O) groups excluding carboxylic acids is 1. The zero-order chi connectivity index (χ0) is 19.7. The van der Waals surface area contributed by atoms with Crippen molar-refractivity contribution in [3.63, 3.8) is 0 Å². The lowest BCUT2D eigenvalue weighted by molar-refractivity contribution is 0.00631. The molecule has 0 unspecified atom stereocenters. The molecule has 26 heavy (non-hydrogen) atoms. The van der Waals surface area contributed by atoms with Gasteiger partial charge in [-0.25, -0.2) is 10.2 Å². The van der Waals surface area contributed by atoms with Crippen LogP contribution in [0.3, 0.4) is 0 Å². The van der Waals surface area contributed by atoms with Crippen molar-refractivity contribution in [3.05, 3.63) is 0 Å². The van der Waals surface area contributed by atoms with Gasteiger partial charge in [0.15, 0.2) is 0 Å². The van der Waals surface area contributed by atoms with Crippen LogP contribution < -0.4 is 5.43 Å². The third-order valence-electron chi connectivity index (χ3n) is 4.63. The molecule has 0 radical (unpaired) electrons. The van der Waals surface area contributed by atoms with Gasteiger partial charge < -0.3 is 13.8 Å². The van der Waals surface area contributed by atoms with E-state index in [9.17, 15) is 9.36 Å². The smallest absolute Gasteiger partial charge is 0.428 e. The molecule has 152 valence electrons. The van der Waals surface area contributed by atoms with Crippen LogP contribution in [0.15, 0.2) is 5.10 Å². The SMILES string of the molecule is CCOP(=O)(C/C(C)=N/NC(=O)O[C@@H]1C[C@H](C)CC[C@H]1C(C)C)OCC. The van der Waals surface area contributed by atoms with Gasteiger partial charge >= 0.3 is 13.7 Å². The summed E-state index contributed by atoms with van der Waals surface area (Å²) in [6, 6.07) is 0. The van der Waals surface area contributed by atoms with Crippen molar-refractivity contribution < 1.29 is 23.1 Å². The van der Waals surface area contributed by atoms with Gasteiger partial charge in [0.2, 0.25) is 0 Å². The lowest BCUT2D eigenvalue weighted by atomic mass is 9.75. The third-order valence-corrected chi connectivity index (χ3v) is 6.78. The summed E-state index contributed by atoms with van der Waals surface area (Å²) in [7, 11) is -3.22. The number of carbonyl (C=O) groups is 1. The summed E-state index contributed by atoms with van der Waals surface area (Å²) in [4.78, 5) is 12.1. The summed E-state index contributed by atoms with van der Waals surface area (Å²) in [6.45, 7) is 12.3. The predicted molar refractivity (Wildman–Crippen MR) is 104 cm³/mol. The van der Waals surface area contributed by atoms with Crippen LogP contribution in [0.2, 0.25) is 0 Å². The van der Waals surface area contributed by atoms with Gasteiger partial charge in [-0.1, -0.05) is 27.2 Å². The number of rotatable bonds is 9. The second-order valence-electron chi connectivity index (χ2n) is 7.33. The quantitative estimate of drug-likeness (QED) is 0.347. The first-order valence-electron chi connectivity index (χ1n) is 9.58. The van der Waals surface area contributed by atoms with E-state index in [0.717, 1.165) is 12.8 Å². The number of hydrogen-bond acceptors (Lipinski definition) is 6. The van der Waals surface area contributed by atoms with E-state index in [4.69, 9.17) is 13.8 Å². The molecule has 1 aliphatic carbocycles. The number of amides is 1. The highest BCUT2D eigenvalue weighted by molar-refractivity contribution is 7.54. The summed E-state index contributed by atoms with van der Waals surface area (Å²) in [5, 5.41) is 3.99. The lowest BCUT2D eigenvalue weighted by Crippen LogP contribution is -2.38. The minimum atomic E-state index is -3.22. The normalized spacial score (nSPS) is 24.6. The van der Waals surface area contributed by atoms with E-state index < -0.39 is 13.7 Å². The van der Waals surface area contributed by atoms with Gasteiger partial charge in [-0.3, -0.25) is 4.57 Å². The summed E-state index contributed by atoms with van der Waals surface area (Å²) in [5.74, 6) is 1.39. The van der Waals surface area contributed by atoms with Crippen LogP contribution in [0.25, 0.3) is 0 Å². The molecule has 0 aromatic carbocycles. The van der Waals surface area contributed by atoms with Crippen molar-refractivity contribution in [2.24, 2.45) is 22.9 Å². The Labute approximate surface area is 157 Å². The number of hydrogen-bond donors (Lipinski definition) is 1. The molecule has 0 spiro atoms. The van der Waals surface area contributed by atoms with Crippen LogP contribution in [0.4, 0.5) is 4.79 Å². The van der Waals surface area contributed by atoms with Crippen molar-refractivity contribution >= 4 is 19.4 Å². The van der Waals surface area contributed by atoms with Gasteiger partial charge in [0.05, 0.1) is 19.4 Å². The van der Waals surface area contributed by atoms with Crippen molar-refractivity contribution in [2.75, 3.05) is 19.4 Å². The maximum atomic E-state index is 12.5. The fourth-order valence-corrected chi connectivity index (χ4v) is 5.07. The first-order valence-corrected chi connectivity index (χ1v) is 11.3. The van der Waals surface area contributed by atoms with E-state index in [1.807, 2.05) is 0 Å². The molecule has 0 bridgehead atoms. The molecule has 1 aliphatic rings. The first-order chi connectivity index (χ1) is 12.2. The van der Waals surface area contributed by atoms with Gasteiger partial charge in [0.1, 0.15) is 6.10 Å². The molecule has 0 aromatic rings. The minimum Gasteiger partial charge on any atom is -0.445 e. The average molecular weight is 390 g/mol. The van der Waals surface area contributed by atoms with Gasteiger partial charge in [-0.05, 0) is 51.4 Å². The Hall–Kier alpha value is -0.910. The molecule has 1 saturated carbocycles. The van der Waals surface area contributed by atoms with Crippen LogP contribution in [-0.2, 0) is 18.3 Å². The summed E-state index contributed by atoms with van der Waals surface area (Å²) < 4.78 is 28.6. The Balaban J connectivity index is 2.60. The van der Waals surface area contributed by atoms with E-state index in [1.54, 1.807) is 20.8 Å². The number of ether oxygens (including phenoxy) is 1. The van der Waals surface area contributed by atoms with E-state index in [2.05, 4.69) is 31.3 Å². The molecule has 1 N–H and O–H groups in total. The standard InChI is InChI=1S/C18H35N2O5P/c1-7-23-26(22,24-8-2)12-15(6)19-20-18(21)25-17-11-14(5)9-10-16(17)13(3)4/h13-14,16-17H,7-12H2,1-6H3,(H,20,21)/b19-15+/t14-,16+,17-/m1/s1. The summed E-state index contributed by atoms with van der Waals surface area (Å²) >= 11 is 0. The van der Waals surface area contributed by atoms with Gasteiger partial charge in [0, 0.05) is 5.71 Å². The summed E-state index contributed by atoms with van der Waals surface area (Å²) in [5.41, 5.74) is 2.87. The van der Waals surface area contributed by atoms with Gasteiger partial charge in [-0.15, -0.1) is 0 Å². The van der Waals surface area contributed by atoms with E-state index in [0.29, 0.717) is 23.5 Å². The molecular weight excluding hydrogens is 355 g/mol. The predicted octanol–water partition coefficient (Wildman–Crippen LogP) is 4.82. The fourth-order valence-electron chi connectivity index (χ4n) is 3.39. The Morgan fingerprint density at radius 2 is 1.85 bits per heavy atom. The largest absolute Gasteiger partial charge is 0.445 e. The third kappa shape index (κ3) is 7.77. The topological polar surface area (TPSA) is 86.2 Å². The van der Waals surface area contributed by atoms with E-state index in [-0.39, 0.29) is 25.5 Å². The highest BCUT2D eigenvalue weighted by Crippen LogP contribution is 2.47. The van der Waals surface area contributed by atoms with E-state index in [1.165, 1.54) is 6.42 Å². The Morgan fingerprint density at radius 3 is 2.38 bits per heavy atom. The van der Waals surface area contributed by atoms with Crippen molar-refractivity contribution in [3.8, 4) is 0 Å². The molecule has 0 saturated heterocycles. The zero-order valence-corrected chi connectivity index (χ0v) is 17.9. The molecule has 0 aliphatic heterocycles. The van der Waals surface area contributed by atoms with Gasteiger partial charge in [-0.2, -0.15) is 5.10 Å². The molecule has 1 amide bonds. The van der Waals surface area contributed by atoms with Crippen molar-refractivity contribution in [2.45, 2.75) is 66.9 Å². The summed E-state index contributed by atoms with van der Waals surface area (Å²) in [6.07, 6.45) is 2.49. The van der Waals surface area contributed by atoms with Crippen molar-refractivity contribution in [1.82, 2.24) is 5.43 Å². The second-order valence-corrected chi connectivity index (χ2v) is 9.39. The van der Waals surface area contributed by atoms with Crippen LogP contribution in [0.1, 0.15) is 60.8 Å². The molecule has 8 heteroatoms. The van der Waals surface area contributed by atoms with Crippen molar-refractivity contribution in [1.29, 1.82) is 0 Å². The van der Waals surface area contributed by atoms with Crippen LogP contribution >= 0.6 is 7.60 Å². The Bertz CT molecular complexity index is 514. The molecule has 1 rings (SSSR count). The lowest BCUT2D eigenvalue weighted by Gasteiger charge is -2.36. The van der Waals surface area contributed by atoms with Gasteiger partial charge in [0.25, 0.3) is 0 Å². The number of hydrazone groups is 1. The Kier molecular flexibility index (Phi) is 9.83. The first kappa shape index (κ1) is 23.1.